The molecule has 0 saturated heterocycles. The van der Waals surface area contributed by atoms with E-state index in [4.69, 9.17) is 14.2 Å². The first-order valence-electron chi connectivity index (χ1n) is 16.2. The van der Waals surface area contributed by atoms with Crippen LogP contribution >= 0.6 is 0 Å². The fraction of sp³-hybridized carbons (Fsp3) is 0.472. The Labute approximate surface area is 287 Å². The van der Waals surface area contributed by atoms with E-state index in [-0.39, 0.29) is 37.5 Å². The number of carbonyl (C=O) groups is 4. The van der Waals surface area contributed by atoms with Crippen molar-refractivity contribution in [2.75, 3.05) is 11.5 Å². The molecule has 2 aromatic carbocycles. The van der Waals surface area contributed by atoms with Gasteiger partial charge in [0.05, 0.1) is 12.6 Å². The number of halogens is 2. The number of benzene rings is 2. The number of ether oxygens (including phenoxy) is 3. The number of hydrogen-bond donors (Lipinski definition) is 1. The number of fused-ring (bicyclic) bond motifs is 1. The maximum absolute atomic E-state index is 14.0. The van der Waals surface area contributed by atoms with Crippen molar-refractivity contribution >= 4 is 48.7 Å². The van der Waals surface area contributed by atoms with E-state index < -0.39 is 55.2 Å². The van der Waals surface area contributed by atoms with E-state index in [1.807, 2.05) is 0 Å². The summed E-state index contributed by atoms with van der Waals surface area (Å²) in [6.45, 7) is 16.7. The van der Waals surface area contributed by atoms with Crippen LogP contribution in [0, 0.1) is 11.6 Å². The number of rotatable bonds is 11. The Kier molecular flexibility index (Phi) is 12.7. The Morgan fingerprint density at radius 1 is 0.857 bits per heavy atom. The summed E-state index contributed by atoms with van der Waals surface area (Å²) in [6, 6.07) is 9.98. The number of Topliss-reactive ketones (excluding diaryl/α,β-unsaturated/α-hetero) is 1. The number of imide groups is 1. The second-order valence-electron chi connectivity index (χ2n) is 15.0. The molecule has 0 aliphatic carbocycles. The van der Waals surface area contributed by atoms with E-state index in [9.17, 15) is 28.0 Å². The first-order chi connectivity index (χ1) is 22.6. The Hall–Kier alpha value is -4.39. The van der Waals surface area contributed by atoms with Crippen molar-refractivity contribution in [1.29, 1.82) is 0 Å². The van der Waals surface area contributed by atoms with Crippen LogP contribution in [0.15, 0.2) is 48.7 Å². The summed E-state index contributed by atoms with van der Waals surface area (Å²) in [6.07, 6.45) is -0.987. The van der Waals surface area contributed by atoms with Crippen LogP contribution in [-0.4, -0.2) is 61.0 Å². The summed E-state index contributed by atoms with van der Waals surface area (Å²) in [5, 5.41) is 3.71. The van der Waals surface area contributed by atoms with E-state index in [2.05, 4.69) is 29.9 Å². The third kappa shape index (κ3) is 12.5. The van der Waals surface area contributed by atoms with Gasteiger partial charge in [-0.3, -0.25) is 4.79 Å². The van der Waals surface area contributed by atoms with Gasteiger partial charge in [-0.25, -0.2) is 28.1 Å². The van der Waals surface area contributed by atoms with Crippen molar-refractivity contribution in [2.45, 2.75) is 104 Å². The maximum Gasteiger partial charge on any atom is 0.425 e. The van der Waals surface area contributed by atoms with Crippen molar-refractivity contribution < 1.29 is 42.2 Å². The van der Waals surface area contributed by atoms with E-state index in [0.29, 0.717) is 16.3 Å². The number of aryl methyl sites for hydroxylation is 1. The molecule has 266 valence electrons. The molecule has 0 unspecified atom stereocenters. The van der Waals surface area contributed by atoms with Crippen molar-refractivity contribution in [3.63, 3.8) is 0 Å². The Balaban J connectivity index is 1.84. The number of alkyl carbamates (subject to hydrolysis) is 1. The Morgan fingerprint density at radius 3 is 2.04 bits per heavy atom. The Bertz CT molecular complexity index is 1650. The van der Waals surface area contributed by atoms with Gasteiger partial charge >= 0.3 is 18.3 Å². The van der Waals surface area contributed by atoms with Crippen LogP contribution in [0.1, 0.15) is 59.1 Å². The van der Waals surface area contributed by atoms with Crippen LogP contribution in [0.25, 0.3) is 10.8 Å². The van der Waals surface area contributed by atoms with Gasteiger partial charge < -0.3 is 19.5 Å². The summed E-state index contributed by atoms with van der Waals surface area (Å²) < 4.78 is 43.8. The average Bonchev–Trinajstić information content (AvgIpc) is 2.95. The summed E-state index contributed by atoms with van der Waals surface area (Å²) >= 11 is 0. The highest BCUT2D eigenvalue weighted by Crippen LogP contribution is 2.29. The number of anilines is 1. The van der Waals surface area contributed by atoms with Crippen LogP contribution in [0.5, 0.6) is 0 Å². The van der Waals surface area contributed by atoms with Crippen LogP contribution in [0.4, 0.5) is 29.0 Å². The zero-order valence-corrected chi connectivity index (χ0v) is 30.7. The molecule has 3 amide bonds. The van der Waals surface area contributed by atoms with E-state index in [0.717, 1.165) is 28.6 Å². The molecule has 0 saturated carbocycles. The minimum Gasteiger partial charge on any atom is -0.450 e. The number of nitrogens with zero attached hydrogens (tertiary/aromatic N) is 2. The number of ketones is 1. The second-order valence-corrected chi connectivity index (χ2v) is 20.7. The lowest BCUT2D eigenvalue weighted by Gasteiger charge is -2.28. The molecule has 1 atom stereocenters. The van der Waals surface area contributed by atoms with Crippen LogP contribution in [0.2, 0.25) is 25.7 Å². The fourth-order valence-electron chi connectivity index (χ4n) is 4.63. The molecule has 3 aromatic rings. The number of hydrogen-bond acceptors (Lipinski definition) is 8. The van der Waals surface area contributed by atoms with Crippen molar-refractivity contribution in [3.8, 4) is 0 Å². The molecule has 49 heavy (non-hydrogen) atoms. The maximum atomic E-state index is 14.0. The van der Waals surface area contributed by atoms with Gasteiger partial charge in [0.1, 0.15) is 11.2 Å². The topological polar surface area (TPSA) is 124 Å². The zero-order valence-electron chi connectivity index (χ0n) is 29.7. The SMILES string of the molecule is CC(C)(C)OC(=O)N(C(=O)OC(C)(C)C)c1nccc2cc(CCC(=O)[C@H](Cc3ccc(F)c(F)c3)NC(=O)OCC[Si](C)(C)C)ccc12. The number of amides is 3. The van der Waals surface area contributed by atoms with Crippen LogP contribution in [0.3, 0.4) is 0 Å². The van der Waals surface area contributed by atoms with Gasteiger partial charge in [0, 0.05) is 26.1 Å². The summed E-state index contributed by atoms with van der Waals surface area (Å²) in [4.78, 5) is 57.7. The molecule has 10 nitrogen and oxygen atoms in total. The molecule has 0 fully saturated rings. The van der Waals surface area contributed by atoms with Gasteiger partial charge in [0.15, 0.2) is 23.2 Å². The first-order valence-corrected chi connectivity index (χ1v) is 19.9. The van der Waals surface area contributed by atoms with Gasteiger partial charge in [0.25, 0.3) is 0 Å². The van der Waals surface area contributed by atoms with Gasteiger partial charge in [-0.1, -0.05) is 43.9 Å². The molecular formula is C36H47F2N3O7Si. The Morgan fingerprint density at radius 2 is 1.47 bits per heavy atom. The van der Waals surface area contributed by atoms with Crippen LogP contribution in [-0.2, 0) is 31.8 Å². The normalized spacial score (nSPS) is 12.6. The molecule has 0 spiro atoms. The molecule has 0 radical (unpaired) electrons. The van der Waals surface area contributed by atoms with E-state index in [1.165, 1.54) is 12.3 Å². The van der Waals surface area contributed by atoms with Crippen LogP contribution < -0.4 is 10.2 Å². The molecular weight excluding hydrogens is 652 g/mol. The molecule has 1 heterocycles. The predicted molar refractivity (Wildman–Crippen MR) is 187 cm³/mol. The highest BCUT2D eigenvalue weighted by molar-refractivity contribution is 6.76. The number of nitrogens with one attached hydrogen (secondary N) is 1. The lowest BCUT2D eigenvalue weighted by molar-refractivity contribution is -0.121. The van der Waals surface area contributed by atoms with E-state index >= 15 is 0 Å². The third-order valence-corrected chi connectivity index (χ3v) is 8.73. The fourth-order valence-corrected chi connectivity index (χ4v) is 5.35. The zero-order chi connectivity index (χ0) is 36.7. The predicted octanol–water partition coefficient (Wildman–Crippen LogP) is 8.37. The van der Waals surface area contributed by atoms with Gasteiger partial charge in [-0.15, -0.1) is 0 Å². The molecule has 0 bridgehead atoms. The largest absolute Gasteiger partial charge is 0.450 e. The average molecular weight is 700 g/mol. The summed E-state index contributed by atoms with van der Waals surface area (Å²) in [5.41, 5.74) is -0.707. The second kappa shape index (κ2) is 15.9. The lowest BCUT2D eigenvalue weighted by atomic mass is 9.97. The third-order valence-electron chi connectivity index (χ3n) is 7.02. The number of carbonyl (C=O) groups excluding carboxylic acids is 4. The first kappa shape index (κ1) is 39.0. The number of pyridine rings is 1. The van der Waals surface area contributed by atoms with Gasteiger partial charge in [-0.05, 0) is 95.1 Å². The highest BCUT2D eigenvalue weighted by Gasteiger charge is 2.34. The minimum atomic E-state index is -1.47. The standard InChI is InChI=1S/C36H47F2N3O7Si/c1-35(2,3)47-33(44)41(34(45)48-36(4,5)6)31-26-13-10-23(20-25(26)16-17-39-31)12-15-30(42)29(22-24-11-14-27(37)28(38)21-24)40-32(43)46-18-19-49(7,8)9/h10-11,13-14,16-17,20-21,29H,12,15,18-19,22H2,1-9H3,(H,40,43)/t29-/m0/s1. The van der Waals surface area contributed by atoms with Crippen molar-refractivity contribution in [3.05, 3.63) is 71.4 Å². The molecule has 0 aliphatic heterocycles. The molecule has 0 aliphatic rings. The molecule has 1 aromatic heterocycles. The molecule has 13 heteroatoms. The van der Waals surface area contributed by atoms with Gasteiger partial charge in [0.2, 0.25) is 0 Å². The van der Waals surface area contributed by atoms with Gasteiger partial charge in [-0.2, -0.15) is 4.90 Å². The molecule has 1 N–H and O–H groups in total. The highest BCUT2D eigenvalue weighted by atomic mass is 28.3. The minimum absolute atomic E-state index is 0.00885. The lowest BCUT2D eigenvalue weighted by Crippen LogP contribution is -2.44. The summed E-state index contributed by atoms with van der Waals surface area (Å²) in [7, 11) is -1.47. The van der Waals surface area contributed by atoms with Crippen molar-refractivity contribution in [1.82, 2.24) is 10.3 Å². The van der Waals surface area contributed by atoms with E-state index in [1.54, 1.807) is 65.8 Å². The smallest absolute Gasteiger partial charge is 0.425 e. The van der Waals surface area contributed by atoms with Crippen molar-refractivity contribution in [2.24, 2.45) is 0 Å². The summed E-state index contributed by atoms with van der Waals surface area (Å²) in [5.74, 6) is -2.38. The number of aromatic nitrogens is 1. The molecule has 3 rings (SSSR count). The monoisotopic (exact) mass is 699 g/mol. The quantitative estimate of drug-likeness (QED) is 0.156.